The lowest BCUT2D eigenvalue weighted by Crippen LogP contribution is -2.38. The van der Waals surface area contributed by atoms with E-state index in [-0.39, 0.29) is 24.2 Å². The van der Waals surface area contributed by atoms with Crippen molar-refractivity contribution in [3.05, 3.63) is 0 Å². The van der Waals surface area contributed by atoms with Gasteiger partial charge in [0.1, 0.15) is 5.60 Å². The highest BCUT2D eigenvalue weighted by molar-refractivity contribution is 5.68. The van der Waals surface area contributed by atoms with Gasteiger partial charge in [-0.25, -0.2) is 4.79 Å². The first-order valence-corrected chi connectivity index (χ1v) is 5.72. The van der Waals surface area contributed by atoms with Crippen molar-refractivity contribution in [2.45, 2.75) is 38.5 Å². The van der Waals surface area contributed by atoms with Crippen LogP contribution in [-0.2, 0) is 9.47 Å². The van der Waals surface area contributed by atoms with E-state index >= 15 is 0 Å². The molecule has 2 N–H and O–H groups in total. The van der Waals surface area contributed by atoms with Crippen molar-refractivity contribution in [3.63, 3.8) is 0 Å². The highest BCUT2D eigenvalue weighted by atomic mass is 16.6. The average molecular weight is 228 g/mol. The van der Waals surface area contributed by atoms with Crippen molar-refractivity contribution in [2.24, 2.45) is 11.7 Å². The molecule has 0 radical (unpaired) electrons. The van der Waals surface area contributed by atoms with Gasteiger partial charge in [0.2, 0.25) is 0 Å². The molecule has 2 aliphatic heterocycles. The third-order valence-electron chi connectivity index (χ3n) is 3.01. The molecule has 5 nitrogen and oxygen atoms in total. The van der Waals surface area contributed by atoms with Gasteiger partial charge in [0.25, 0.3) is 0 Å². The molecule has 16 heavy (non-hydrogen) atoms. The molecule has 2 fully saturated rings. The predicted molar refractivity (Wildman–Crippen MR) is 59.0 cm³/mol. The summed E-state index contributed by atoms with van der Waals surface area (Å²) in [6, 6.07) is 0.0532. The minimum Gasteiger partial charge on any atom is -0.444 e. The summed E-state index contributed by atoms with van der Waals surface area (Å²) < 4.78 is 10.8. The molecule has 0 spiro atoms. The van der Waals surface area contributed by atoms with Crippen molar-refractivity contribution in [2.75, 3.05) is 19.7 Å². The Balaban J connectivity index is 1.92. The van der Waals surface area contributed by atoms with Crippen molar-refractivity contribution < 1.29 is 14.3 Å². The third-order valence-corrected chi connectivity index (χ3v) is 3.01. The molecule has 0 aromatic rings. The Morgan fingerprint density at radius 3 is 2.69 bits per heavy atom. The Kier molecular flexibility index (Phi) is 2.84. The van der Waals surface area contributed by atoms with Crippen molar-refractivity contribution in [1.82, 2.24) is 4.90 Å². The van der Waals surface area contributed by atoms with Gasteiger partial charge in [-0.15, -0.1) is 0 Å². The second-order valence-corrected chi connectivity index (χ2v) is 5.58. The topological polar surface area (TPSA) is 64.8 Å². The third kappa shape index (κ3) is 2.30. The van der Waals surface area contributed by atoms with Crippen LogP contribution < -0.4 is 5.73 Å². The first kappa shape index (κ1) is 11.7. The number of amides is 1. The molecule has 5 heteroatoms. The molecule has 1 amide bonds. The van der Waals surface area contributed by atoms with Crippen LogP contribution in [-0.4, -0.2) is 48.4 Å². The number of ether oxygens (including phenoxy) is 2. The fourth-order valence-electron chi connectivity index (χ4n) is 2.22. The number of fused-ring (bicyclic) bond motifs is 1. The van der Waals surface area contributed by atoms with Gasteiger partial charge in [-0.2, -0.15) is 0 Å². The molecule has 0 aromatic heterocycles. The predicted octanol–water partition coefficient (Wildman–Crippen LogP) is 0.579. The normalized spacial score (nSPS) is 34.0. The van der Waals surface area contributed by atoms with E-state index in [1.54, 1.807) is 4.90 Å². The van der Waals surface area contributed by atoms with Gasteiger partial charge in [0.05, 0.1) is 19.3 Å². The summed E-state index contributed by atoms with van der Waals surface area (Å²) >= 11 is 0. The van der Waals surface area contributed by atoms with Gasteiger partial charge in [-0.05, 0) is 20.8 Å². The first-order chi connectivity index (χ1) is 7.37. The molecule has 0 saturated carbocycles. The largest absolute Gasteiger partial charge is 0.444 e. The van der Waals surface area contributed by atoms with E-state index in [4.69, 9.17) is 15.2 Å². The summed E-state index contributed by atoms with van der Waals surface area (Å²) in [5.74, 6) is 0.271. The van der Waals surface area contributed by atoms with Crippen molar-refractivity contribution in [3.8, 4) is 0 Å². The lowest BCUT2D eigenvalue weighted by Gasteiger charge is -2.25. The fourth-order valence-corrected chi connectivity index (χ4v) is 2.22. The molecule has 2 aliphatic rings. The van der Waals surface area contributed by atoms with Crippen LogP contribution in [0.4, 0.5) is 4.79 Å². The van der Waals surface area contributed by atoms with Gasteiger partial charge in [-0.1, -0.05) is 0 Å². The molecule has 0 aliphatic carbocycles. The molecule has 92 valence electrons. The second kappa shape index (κ2) is 3.89. The SMILES string of the molecule is CC(C)(C)OC(=O)N1C[C@@H]2[C@H](N)CO[C@@H]2C1. The van der Waals surface area contributed by atoms with E-state index in [0.717, 1.165) is 0 Å². The summed E-state index contributed by atoms with van der Waals surface area (Å²) in [7, 11) is 0. The van der Waals surface area contributed by atoms with Crippen LogP contribution in [0.5, 0.6) is 0 Å². The van der Waals surface area contributed by atoms with Gasteiger partial charge >= 0.3 is 6.09 Å². The monoisotopic (exact) mass is 228 g/mol. The summed E-state index contributed by atoms with van der Waals surface area (Å²) in [5.41, 5.74) is 5.46. The Bertz CT molecular complexity index is 287. The summed E-state index contributed by atoms with van der Waals surface area (Å²) in [6.45, 7) is 7.46. The number of nitrogens with two attached hydrogens (primary N) is 1. The standard InChI is InChI=1S/C11H20N2O3/c1-11(2,3)16-10(14)13-4-7-8(12)6-15-9(7)5-13/h7-9H,4-6,12H2,1-3H3/t7-,8-,9-/m1/s1. The van der Waals surface area contributed by atoms with Crippen LogP contribution in [0.15, 0.2) is 0 Å². The number of hydrogen-bond donors (Lipinski definition) is 1. The number of likely N-dealkylation sites (tertiary alicyclic amines) is 1. The summed E-state index contributed by atoms with van der Waals surface area (Å²) in [6.07, 6.45) is -0.166. The van der Waals surface area contributed by atoms with Crippen LogP contribution in [0.2, 0.25) is 0 Å². The molecule has 2 rings (SSSR count). The van der Waals surface area contributed by atoms with Gasteiger partial charge < -0.3 is 20.1 Å². The first-order valence-electron chi connectivity index (χ1n) is 5.72. The van der Waals surface area contributed by atoms with Crippen molar-refractivity contribution in [1.29, 1.82) is 0 Å². The molecular weight excluding hydrogens is 208 g/mol. The lowest BCUT2D eigenvalue weighted by atomic mass is 10.0. The highest BCUT2D eigenvalue weighted by Crippen LogP contribution is 2.29. The molecule has 0 unspecified atom stereocenters. The number of carbonyl (C=O) groups is 1. The van der Waals surface area contributed by atoms with Gasteiger partial charge in [0.15, 0.2) is 0 Å². The Morgan fingerprint density at radius 1 is 1.44 bits per heavy atom. The molecular formula is C11H20N2O3. The fraction of sp³-hybridized carbons (Fsp3) is 0.909. The zero-order valence-electron chi connectivity index (χ0n) is 10.1. The highest BCUT2D eigenvalue weighted by Gasteiger charge is 2.44. The zero-order valence-corrected chi connectivity index (χ0v) is 10.1. The lowest BCUT2D eigenvalue weighted by molar-refractivity contribution is 0.0231. The number of carbonyl (C=O) groups excluding carboxylic acids is 1. The molecule has 0 bridgehead atoms. The molecule has 0 aromatic carbocycles. The van der Waals surface area contributed by atoms with E-state index < -0.39 is 5.60 Å². The van der Waals surface area contributed by atoms with E-state index in [9.17, 15) is 4.79 Å². The summed E-state index contributed by atoms with van der Waals surface area (Å²) in [4.78, 5) is 13.5. The van der Waals surface area contributed by atoms with E-state index in [1.165, 1.54) is 0 Å². The number of nitrogens with zero attached hydrogens (tertiary/aromatic N) is 1. The summed E-state index contributed by atoms with van der Waals surface area (Å²) in [5, 5.41) is 0. The Hall–Kier alpha value is -0.810. The van der Waals surface area contributed by atoms with Gasteiger partial charge in [0, 0.05) is 18.5 Å². The van der Waals surface area contributed by atoms with E-state index in [0.29, 0.717) is 19.7 Å². The zero-order chi connectivity index (χ0) is 11.9. The Labute approximate surface area is 95.9 Å². The maximum atomic E-state index is 11.8. The molecule has 2 heterocycles. The quantitative estimate of drug-likeness (QED) is 0.658. The molecule has 3 atom stereocenters. The maximum absolute atomic E-state index is 11.8. The minimum atomic E-state index is -0.447. The number of rotatable bonds is 0. The number of hydrogen-bond acceptors (Lipinski definition) is 4. The van der Waals surface area contributed by atoms with Gasteiger partial charge in [-0.3, -0.25) is 0 Å². The van der Waals surface area contributed by atoms with Crippen molar-refractivity contribution >= 4 is 6.09 Å². The second-order valence-electron chi connectivity index (χ2n) is 5.58. The van der Waals surface area contributed by atoms with Crippen LogP contribution in [0.1, 0.15) is 20.8 Å². The minimum absolute atomic E-state index is 0.0532. The Morgan fingerprint density at radius 2 is 2.12 bits per heavy atom. The smallest absolute Gasteiger partial charge is 0.410 e. The van der Waals surface area contributed by atoms with Crippen LogP contribution in [0.25, 0.3) is 0 Å². The van der Waals surface area contributed by atoms with Crippen LogP contribution in [0.3, 0.4) is 0 Å². The van der Waals surface area contributed by atoms with E-state index in [1.807, 2.05) is 20.8 Å². The maximum Gasteiger partial charge on any atom is 0.410 e. The van der Waals surface area contributed by atoms with Crippen LogP contribution >= 0.6 is 0 Å². The molecule has 2 saturated heterocycles. The van der Waals surface area contributed by atoms with Crippen LogP contribution in [0, 0.1) is 5.92 Å². The van der Waals surface area contributed by atoms with E-state index in [2.05, 4.69) is 0 Å². The average Bonchev–Trinajstić information content (AvgIpc) is 2.65.